The second-order valence-electron chi connectivity index (χ2n) is 4.61. The number of benzene rings is 1. The summed E-state index contributed by atoms with van der Waals surface area (Å²) in [5.41, 5.74) is 5.07. The number of ether oxygens (including phenoxy) is 1. The molecule has 0 bridgehead atoms. The molecule has 2 N–H and O–H groups in total. The summed E-state index contributed by atoms with van der Waals surface area (Å²) in [6, 6.07) is 3.99. The second-order valence-corrected chi connectivity index (χ2v) is 4.61. The molecule has 1 aromatic rings. The quantitative estimate of drug-likeness (QED) is 0.880. The largest absolute Gasteiger partial charge is 0.493 e. The Morgan fingerprint density at radius 1 is 1.28 bits per heavy atom. The van der Waals surface area contributed by atoms with Crippen LogP contribution in [0, 0.1) is 5.92 Å². The van der Waals surface area contributed by atoms with Gasteiger partial charge in [-0.1, -0.05) is 18.9 Å². The second kappa shape index (κ2) is 5.18. The van der Waals surface area contributed by atoms with Crippen LogP contribution in [0.3, 0.4) is 0 Å². The van der Waals surface area contributed by atoms with Gasteiger partial charge in [-0.15, -0.1) is 0 Å². The summed E-state index contributed by atoms with van der Waals surface area (Å²) in [7, 11) is 0. The first-order valence-electron chi connectivity index (χ1n) is 6.03. The number of hydrogen-bond acceptors (Lipinski definition) is 2. The van der Waals surface area contributed by atoms with Crippen molar-refractivity contribution in [3.8, 4) is 5.75 Å². The summed E-state index contributed by atoms with van der Waals surface area (Å²) in [6.45, 7) is 0.432. The zero-order valence-corrected chi connectivity index (χ0v) is 9.96. The third-order valence-corrected chi connectivity index (χ3v) is 3.07. The van der Waals surface area contributed by atoms with Gasteiger partial charge in [-0.3, -0.25) is 0 Å². The maximum absolute atomic E-state index is 12.8. The van der Waals surface area contributed by atoms with Crippen LogP contribution < -0.4 is 10.5 Å². The van der Waals surface area contributed by atoms with Gasteiger partial charge in [-0.25, -0.2) is 0 Å². The number of nitrogens with two attached hydrogens (primary N) is 1. The minimum atomic E-state index is -4.40. The topological polar surface area (TPSA) is 35.2 Å². The van der Waals surface area contributed by atoms with Gasteiger partial charge in [0.2, 0.25) is 0 Å². The lowest BCUT2D eigenvalue weighted by Gasteiger charge is -2.15. The van der Waals surface area contributed by atoms with E-state index in [1.807, 2.05) is 0 Å². The normalized spacial score (nSPS) is 15.8. The Kier molecular flexibility index (Phi) is 3.80. The maximum atomic E-state index is 12.8. The molecule has 18 heavy (non-hydrogen) atoms. The van der Waals surface area contributed by atoms with Gasteiger partial charge in [0.15, 0.2) is 0 Å². The van der Waals surface area contributed by atoms with Gasteiger partial charge in [0.05, 0.1) is 12.2 Å². The molecule has 0 spiro atoms. The van der Waals surface area contributed by atoms with Gasteiger partial charge >= 0.3 is 6.18 Å². The van der Waals surface area contributed by atoms with Crippen LogP contribution in [0.15, 0.2) is 18.2 Å². The molecule has 2 rings (SSSR count). The SMILES string of the molecule is NCc1ccc(OCCC2CC2)c(C(F)(F)F)c1. The summed E-state index contributed by atoms with van der Waals surface area (Å²) < 4.78 is 43.8. The van der Waals surface area contributed by atoms with E-state index < -0.39 is 11.7 Å². The van der Waals surface area contributed by atoms with Crippen molar-refractivity contribution in [1.82, 2.24) is 0 Å². The Morgan fingerprint density at radius 2 is 2.00 bits per heavy atom. The standard InChI is InChI=1S/C13H16F3NO/c14-13(15,16)11-7-10(8-17)3-4-12(11)18-6-5-9-1-2-9/h3-4,7,9H,1-2,5-6,8,17H2. The van der Waals surface area contributed by atoms with Gasteiger partial charge in [0.25, 0.3) is 0 Å². The van der Waals surface area contributed by atoms with Crippen molar-refractivity contribution in [3.63, 3.8) is 0 Å². The third-order valence-electron chi connectivity index (χ3n) is 3.07. The number of rotatable bonds is 5. The van der Waals surface area contributed by atoms with Crippen LogP contribution in [-0.2, 0) is 12.7 Å². The minimum Gasteiger partial charge on any atom is -0.493 e. The van der Waals surface area contributed by atoms with Crippen molar-refractivity contribution in [2.75, 3.05) is 6.61 Å². The molecule has 1 aliphatic carbocycles. The monoisotopic (exact) mass is 259 g/mol. The fourth-order valence-electron chi connectivity index (χ4n) is 1.79. The van der Waals surface area contributed by atoms with Crippen LogP contribution in [0.2, 0.25) is 0 Å². The van der Waals surface area contributed by atoms with E-state index in [1.165, 1.54) is 18.9 Å². The van der Waals surface area contributed by atoms with E-state index in [2.05, 4.69) is 0 Å². The van der Waals surface area contributed by atoms with Crippen molar-refractivity contribution < 1.29 is 17.9 Å². The highest BCUT2D eigenvalue weighted by molar-refractivity contribution is 5.39. The summed E-state index contributed by atoms with van der Waals surface area (Å²) >= 11 is 0. The molecule has 0 saturated heterocycles. The molecule has 0 radical (unpaired) electrons. The molecule has 0 unspecified atom stereocenters. The predicted molar refractivity (Wildman–Crippen MR) is 62.2 cm³/mol. The zero-order valence-electron chi connectivity index (χ0n) is 9.96. The molecule has 0 aromatic heterocycles. The van der Waals surface area contributed by atoms with E-state index >= 15 is 0 Å². The lowest BCUT2D eigenvalue weighted by Crippen LogP contribution is -2.11. The summed E-state index contributed by atoms with van der Waals surface area (Å²) in [5, 5.41) is 0. The van der Waals surface area contributed by atoms with Crippen molar-refractivity contribution in [1.29, 1.82) is 0 Å². The zero-order chi connectivity index (χ0) is 13.2. The summed E-state index contributed by atoms with van der Waals surface area (Å²) in [5.74, 6) is 0.544. The molecule has 5 heteroatoms. The molecule has 0 heterocycles. The van der Waals surface area contributed by atoms with E-state index in [1.54, 1.807) is 6.07 Å². The number of hydrogen-bond donors (Lipinski definition) is 1. The van der Waals surface area contributed by atoms with Gasteiger partial charge in [0.1, 0.15) is 5.75 Å². The smallest absolute Gasteiger partial charge is 0.419 e. The van der Waals surface area contributed by atoms with E-state index in [9.17, 15) is 13.2 Å². The van der Waals surface area contributed by atoms with Gasteiger partial charge in [-0.05, 0) is 30.0 Å². The van der Waals surface area contributed by atoms with Crippen molar-refractivity contribution >= 4 is 0 Å². The lowest BCUT2D eigenvalue weighted by atomic mass is 10.1. The Balaban J connectivity index is 2.10. The first kappa shape index (κ1) is 13.2. The molecule has 1 fully saturated rings. The maximum Gasteiger partial charge on any atom is 0.419 e. The van der Waals surface area contributed by atoms with E-state index in [-0.39, 0.29) is 12.3 Å². The van der Waals surface area contributed by atoms with E-state index in [0.29, 0.717) is 18.1 Å². The highest BCUT2D eigenvalue weighted by Gasteiger charge is 2.34. The first-order chi connectivity index (χ1) is 8.50. The Bertz CT molecular complexity index is 413. The molecule has 100 valence electrons. The molecule has 0 aliphatic heterocycles. The highest BCUT2D eigenvalue weighted by atomic mass is 19.4. The van der Waals surface area contributed by atoms with Crippen LogP contribution in [0.4, 0.5) is 13.2 Å². The van der Waals surface area contributed by atoms with Crippen LogP contribution in [0.1, 0.15) is 30.4 Å². The average Bonchev–Trinajstić information content (AvgIpc) is 3.12. The molecule has 0 amide bonds. The Morgan fingerprint density at radius 3 is 2.56 bits per heavy atom. The first-order valence-corrected chi connectivity index (χ1v) is 6.03. The minimum absolute atomic E-state index is 0.0887. The van der Waals surface area contributed by atoms with Gasteiger partial charge in [0, 0.05) is 6.54 Å². The van der Waals surface area contributed by atoms with Gasteiger partial charge in [-0.2, -0.15) is 13.2 Å². The lowest BCUT2D eigenvalue weighted by molar-refractivity contribution is -0.139. The van der Waals surface area contributed by atoms with Crippen molar-refractivity contribution in [2.24, 2.45) is 11.7 Å². The fraction of sp³-hybridized carbons (Fsp3) is 0.538. The Labute approximate surface area is 104 Å². The molecular formula is C13H16F3NO. The number of halogens is 3. The third kappa shape index (κ3) is 3.38. The molecule has 0 atom stereocenters. The van der Waals surface area contributed by atoms with Crippen LogP contribution in [0.25, 0.3) is 0 Å². The summed E-state index contributed by atoms with van der Waals surface area (Å²) in [4.78, 5) is 0. The molecule has 1 aliphatic rings. The summed E-state index contributed by atoms with van der Waals surface area (Å²) in [6.07, 6.45) is -1.24. The Hall–Kier alpha value is -1.23. The predicted octanol–water partition coefficient (Wildman–Crippen LogP) is 3.34. The molecule has 2 nitrogen and oxygen atoms in total. The van der Waals surface area contributed by atoms with Crippen molar-refractivity contribution in [2.45, 2.75) is 32.0 Å². The van der Waals surface area contributed by atoms with Crippen LogP contribution in [-0.4, -0.2) is 6.61 Å². The van der Waals surface area contributed by atoms with E-state index in [0.717, 1.165) is 12.5 Å². The molecular weight excluding hydrogens is 243 g/mol. The molecule has 1 aromatic carbocycles. The van der Waals surface area contributed by atoms with Crippen molar-refractivity contribution in [3.05, 3.63) is 29.3 Å². The molecule has 1 saturated carbocycles. The number of alkyl halides is 3. The average molecular weight is 259 g/mol. The fourth-order valence-corrected chi connectivity index (χ4v) is 1.79. The van der Waals surface area contributed by atoms with Crippen LogP contribution in [0.5, 0.6) is 5.75 Å². The van der Waals surface area contributed by atoms with Gasteiger partial charge < -0.3 is 10.5 Å². The van der Waals surface area contributed by atoms with Crippen LogP contribution >= 0.6 is 0 Å². The van der Waals surface area contributed by atoms with E-state index in [4.69, 9.17) is 10.5 Å². The highest BCUT2D eigenvalue weighted by Crippen LogP contribution is 2.37.